The first-order valence-corrected chi connectivity index (χ1v) is 5.94. The third kappa shape index (κ3) is 1.93. The molecule has 0 aliphatic heterocycles. The lowest BCUT2D eigenvalue weighted by molar-refractivity contribution is 1.26. The maximum Gasteiger partial charge on any atom is 0.209 e. The van der Waals surface area contributed by atoms with Crippen molar-refractivity contribution < 1.29 is 0 Å². The van der Waals surface area contributed by atoms with Crippen LogP contribution in [-0.2, 0) is 0 Å². The van der Waals surface area contributed by atoms with Crippen LogP contribution in [0, 0.1) is 0 Å². The van der Waals surface area contributed by atoms with Gasteiger partial charge in [0.2, 0.25) is 4.73 Å². The van der Waals surface area contributed by atoms with Gasteiger partial charge in [-0.15, -0.1) is 0 Å². The van der Waals surface area contributed by atoms with E-state index in [1.807, 2.05) is 12.1 Å². The minimum Gasteiger partial charge on any atom is -0.209 e. The maximum atomic E-state index is 6.03. The summed E-state index contributed by atoms with van der Waals surface area (Å²) in [6, 6.07) is 5.43. The summed E-state index contributed by atoms with van der Waals surface area (Å²) in [5, 5.41) is 1.79. The molecule has 2 aromatic rings. The van der Waals surface area contributed by atoms with Gasteiger partial charge in [-0.3, -0.25) is 0 Å². The van der Waals surface area contributed by atoms with E-state index in [9.17, 15) is 0 Å². The SMILES string of the molecule is Clc1cccc(-c2nc(Br)ns2)c1Cl. The van der Waals surface area contributed by atoms with E-state index in [2.05, 4.69) is 25.3 Å². The van der Waals surface area contributed by atoms with Crippen LogP contribution >= 0.6 is 50.7 Å². The maximum absolute atomic E-state index is 6.03. The van der Waals surface area contributed by atoms with Crippen molar-refractivity contribution in [3.05, 3.63) is 33.0 Å². The third-order valence-electron chi connectivity index (χ3n) is 1.58. The number of hydrogen-bond acceptors (Lipinski definition) is 3. The van der Waals surface area contributed by atoms with Gasteiger partial charge in [0.25, 0.3) is 0 Å². The van der Waals surface area contributed by atoms with Gasteiger partial charge in [0.05, 0.1) is 10.0 Å². The molecule has 0 saturated carbocycles. The van der Waals surface area contributed by atoms with Crippen LogP contribution in [0.4, 0.5) is 0 Å². The van der Waals surface area contributed by atoms with Crippen LogP contribution < -0.4 is 0 Å². The number of nitrogens with zero attached hydrogens (tertiary/aromatic N) is 2. The van der Waals surface area contributed by atoms with E-state index >= 15 is 0 Å². The van der Waals surface area contributed by atoms with Crippen molar-refractivity contribution in [2.24, 2.45) is 0 Å². The number of benzene rings is 1. The number of hydrogen-bond donors (Lipinski definition) is 0. The van der Waals surface area contributed by atoms with Gasteiger partial charge in [-0.2, -0.15) is 4.37 Å². The first-order valence-electron chi connectivity index (χ1n) is 3.62. The Labute approximate surface area is 103 Å². The molecule has 0 spiro atoms. The second kappa shape index (κ2) is 4.14. The van der Waals surface area contributed by atoms with Crippen molar-refractivity contribution >= 4 is 50.7 Å². The lowest BCUT2D eigenvalue weighted by Crippen LogP contribution is -1.78. The largest absolute Gasteiger partial charge is 0.209 e. The summed E-state index contributed by atoms with van der Waals surface area (Å²) in [7, 11) is 0. The Hall–Kier alpha value is -0.160. The van der Waals surface area contributed by atoms with Gasteiger partial charge in [-0.25, -0.2) is 4.98 Å². The number of rotatable bonds is 1. The molecule has 1 heterocycles. The molecular formula is C8H3BrCl2N2S. The quantitative estimate of drug-likeness (QED) is 0.786. The smallest absolute Gasteiger partial charge is 0.209 e. The summed E-state index contributed by atoms with van der Waals surface area (Å²) >= 11 is 16.4. The summed E-state index contributed by atoms with van der Waals surface area (Å²) in [5.74, 6) is 0. The number of halogens is 3. The highest BCUT2D eigenvalue weighted by Gasteiger charge is 2.10. The monoisotopic (exact) mass is 308 g/mol. The molecule has 0 saturated heterocycles. The highest BCUT2D eigenvalue weighted by molar-refractivity contribution is 9.10. The number of aromatic nitrogens is 2. The molecule has 0 fully saturated rings. The predicted octanol–water partition coefficient (Wildman–Crippen LogP) is 4.27. The summed E-state index contributed by atoms with van der Waals surface area (Å²) < 4.78 is 4.57. The van der Waals surface area contributed by atoms with Crippen LogP contribution in [0.15, 0.2) is 22.9 Å². The first kappa shape index (κ1) is 10.4. The van der Waals surface area contributed by atoms with E-state index in [1.54, 1.807) is 6.07 Å². The topological polar surface area (TPSA) is 25.8 Å². The Kier molecular flexibility index (Phi) is 3.07. The van der Waals surface area contributed by atoms with Crippen molar-refractivity contribution in [1.29, 1.82) is 0 Å². The molecule has 0 unspecified atom stereocenters. The zero-order valence-corrected chi connectivity index (χ0v) is 10.6. The van der Waals surface area contributed by atoms with Crippen LogP contribution in [0.25, 0.3) is 10.6 Å². The third-order valence-corrected chi connectivity index (χ3v) is 3.74. The summed E-state index contributed by atoms with van der Waals surface area (Å²) in [4.78, 5) is 4.16. The molecule has 2 nitrogen and oxygen atoms in total. The van der Waals surface area contributed by atoms with E-state index in [0.29, 0.717) is 14.8 Å². The molecule has 2 rings (SSSR count). The van der Waals surface area contributed by atoms with Crippen molar-refractivity contribution in [2.45, 2.75) is 0 Å². The van der Waals surface area contributed by atoms with Gasteiger partial charge < -0.3 is 0 Å². The average molecular weight is 310 g/mol. The van der Waals surface area contributed by atoms with Gasteiger partial charge in [-0.05, 0) is 33.5 Å². The van der Waals surface area contributed by atoms with E-state index in [0.717, 1.165) is 10.6 Å². The highest BCUT2D eigenvalue weighted by atomic mass is 79.9. The normalized spacial score (nSPS) is 10.5. The second-order valence-electron chi connectivity index (χ2n) is 2.47. The molecule has 14 heavy (non-hydrogen) atoms. The predicted molar refractivity (Wildman–Crippen MR) is 63.1 cm³/mol. The van der Waals surface area contributed by atoms with Gasteiger partial charge >= 0.3 is 0 Å². The zero-order valence-electron chi connectivity index (χ0n) is 6.67. The van der Waals surface area contributed by atoms with Gasteiger partial charge in [0.1, 0.15) is 5.01 Å². The summed E-state index contributed by atoms with van der Waals surface area (Å²) in [6.45, 7) is 0. The molecule has 0 N–H and O–H groups in total. The van der Waals surface area contributed by atoms with E-state index < -0.39 is 0 Å². The van der Waals surface area contributed by atoms with Gasteiger partial charge in [0, 0.05) is 5.56 Å². The zero-order chi connectivity index (χ0) is 10.1. The summed E-state index contributed by atoms with van der Waals surface area (Å²) in [5.41, 5.74) is 0.808. The molecule has 72 valence electrons. The standard InChI is InChI=1S/C8H3BrCl2N2S/c9-8-12-7(14-13-8)4-2-1-3-5(10)6(4)11/h1-3H. The second-order valence-corrected chi connectivity index (χ2v) is 4.72. The Balaban J connectivity index is 2.57. The fourth-order valence-electron chi connectivity index (χ4n) is 0.984. The Morgan fingerprint density at radius 2 is 2.07 bits per heavy atom. The van der Waals surface area contributed by atoms with Gasteiger partial charge in [0.15, 0.2) is 0 Å². The van der Waals surface area contributed by atoms with E-state index in [-0.39, 0.29) is 0 Å². The van der Waals surface area contributed by atoms with E-state index in [1.165, 1.54) is 11.5 Å². The van der Waals surface area contributed by atoms with Gasteiger partial charge in [-0.1, -0.05) is 35.3 Å². The first-order chi connectivity index (χ1) is 6.68. The molecule has 0 amide bonds. The van der Waals surface area contributed by atoms with Crippen LogP contribution in [-0.4, -0.2) is 9.36 Å². The van der Waals surface area contributed by atoms with Crippen molar-refractivity contribution in [3.63, 3.8) is 0 Å². The molecule has 0 atom stereocenters. The van der Waals surface area contributed by atoms with Crippen LogP contribution in [0.2, 0.25) is 10.0 Å². The fraction of sp³-hybridized carbons (Fsp3) is 0. The minimum atomic E-state index is 0.512. The average Bonchev–Trinajstić information content (AvgIpc) is 2.57. The molecule has 1 aromatic carbocycles. The van der Waals surface area contributed by atoms with Crippen LogP contribution in [0.3, 0.4) is 0 Å². The van der Waals surface area contributed by atoms with Crippen molar-refractivity contribution in [3.8, 4) is 10.6 Å². The van der Waals surface area contributed by atoms with Crippen molar-refractivity contribution in [2.75, 3.05) is 0 Å². The molecule has 0 aliphatic rings. The van der Waals surface area contributed by atoms with Crippen LogP contribution in [0.5, 0.6) is 0 Å². The summed E-state index contributed by atoms with van der Waals surface area (Å²) in [6.07, 6.45) is 0. The molecule has 0 bridgehead atoms. The van der Waals surface area contributed by atoms with Crippen LogP contribution in [0.1, 0.15) is 0 Å². The molecular weight excluding hydrogens is 307 g/mol. The van der Waals surface area contributed by atoms with E-state index in [4.69, 9.17) is 23.2 Å². The molecule has 0 radical (unpaired) electrons. The van der Waals surface area contributed by atoms with Crippen molar-refractivity contribution in [1.82, 2.24) is 9.36 Å². The molecule has 0 aliphatic carbocycles. The lowest BCUT2D eigenvalue weighted by atomic mass is 10.2. The Morgan fingerprint density at radius 1 is 1.29 bits per heavy atom. The Morgan fingerprint density at radius 3 is 2.71 bits per heavy atom. The lowest BCUT2D eigenvalue weighted by Gasteiger charge is -2.00. The highest BCUT2D eigenvalue weighted by Crippen LogP contribution is 2.34. The molecule has 1 aromatic heterocycles. The minimum absolute atomic E-state index is 0.512. The molecule has 6 heteroatoms. The Bertz CT molecular complexity index is 472. The fourth-order valence-corrected chi connectivity index (χ4v) is 2.54.